The Morgan fingerprint density at radius 1 is 1.23 bits per heavy atom. The maximum absolute atomic E-state index is 10.1. The van der Waals surface area contributed by atoms with Crippen LogP contribution < -0.4 is 0 Å². The molecule has 3 nitrogen and oxygen atoms in total. The second-order valence-electron chi connectivity index (χ2n) is 11.3. The average Bonchev–Trinajstić information content (AvgIpc) is 3.00. The molecule has 3 fully saturated rings. The minimum absolute atomic E-state index is 0.374. The van der Waals surface area contributed by atoms with Gasteiger partial charge in [-0.1, -0.05) is 51.0 Å². The zero-order chi connectivity index (χ0) is 22.1. The number of allylic oxidation sites excluding steroid dienone is 3. The van der Waals surface area contributed by atoms with E-state index in [-0.39, 0.29) is 0 Å². The zero-order valence-corrected chi connectivity index (χ0v) is 19.7. The summed E-state index contributed by atoms with van der Waals surface area (Å²) < 4.78 is 0. The quantitative estimate of drug-likeness (QED) is 0.520. The zero-order valence-electron chi connectivity index (χ0n) is 19.7. The first-order valence-electron chi connectivity index (χ1n) is 12.2. The SMILES string of the molecule is C=C1C(=CC=C2CCC[C@@]3(C)C2CC[C@@H]3C(C)CCCC(C)(C)O)C[C@H](O)C[C@@H]1O. The van der Waals surface area contributed by atoms with E-state index in [1.165, 1.54) is 38.5 Å². The molecule has 30 heavy (non-hydrogen) atoms. The summed E-state index contributed by atoms with van der Waals surface area (Å²) >= 11 is 0. The maximum atomic E-state index is 10.1. The molecule has 0 amide bonds. The van der Waals surface area contributed by atoms with Gasteiger partial charge in [0.15, 0.2) is 0 Å². The number of hydrogen-bond donors (Lipinski definition) is 3. The monoisotopic (exact) mass is 416 g/mol. The summed E-state index contributed by atoms with van der Waals surface area (Å²) in [5.74, 6) is 2.11. The van der Waals surface area contributed by atoms with E-state index < -0.39 is 17.8 Å². The molecule has 3 aliphatic rings. The van der Waals surface area contributed by atoms with E-state index in [9.17, 15) is 15.3 Å². The first-order valence-corrected chi connectivity index (χ1v) is 12.2. The summed E-state index contributed by atoms with van der Waals surface area (Å²) in [6, 6.07) is 0. The predicted molar refractivity (Wildman–Crippen MR) is 124 cm³/mol. The lowest BCUT2D eigenvalue weighted by molar-refractivity contribution is 0.0596. The van der Waals surface area contributed by atoms with E-state index in [0.717, 1.165) is 29.9 Å². The van der Waals surface area contributed by atoms with Gasteiger partial charge in [-0.2, -0.15) is 0 Å². The number of hydrogen-bond acceptors (Lipinski definition) is 3. The molecule has 0 heterocycles. The number of fused-ring (bicyclic) bond motifs is 1. The Bertz CT molecular complexity index is 683. The lowest BCUT2D eigenvalue weighted by atomic mass is 9.60. The Morgan fingerprint density at radius 2 is 1.97 bits per heavy atom. The number of aliphatic hydroxyl groups excluding tert-OH is 2. The Balaban J connectivity index is 1.70. The Hall–Kier alpha value is -0.900. The van der Waals surface area contributed by atoms with Gasteiger partial charge in [0.25, 0.3) is 0 Å². The van der Waals surface area contributed by atoms with Gasteiger partial charge in [0.05, 0.1) is 17.8 Å². The summed E-state index contributed by atoms with van der Waals surface area (Å²) in [4.78, 5) is 0. The minimum atomic E-state index is -0.615. The summed E-state index contributed by atoms with van der Waals surface area (Å²) in [7, 11) is 0. The highest BCUT2D eigenvalue weighted by atomic mass is 16.3. The van der Waals surface area contributed by atoms with Gasteiger partial charge in [-0.3, -0.25) is 0 Å². The number of rotatable bonds is 6. The largest absolute Gasteiger partial charge is 0.393 e. The smallest absolute Gasteiger partial charge is 0.0811 e. The third kappa shape index (κ3) is 5.29. The molecule has 0 aliphatic heterocycles. The van der Waals surface area contributed by atoms with Crippen LogP contribution in [0.3, 0.4) is 0 Å². The summed E-state index contributed by atoms with van der Waals surface area (Å²) in [6.45, 7) is 12.8. The van der Waals surface area contributed by atoms with Crippen molar-refractivity contribution in [3.63, 3.8) is 0 Å². The second kappa shape index (κ2) is 9.30. The Labute approximate surface area is 184 Å². The van der Waals surface area contributed by atoms with Crippen molar-refractivity contribution in [2.75, 3.05) is 0 Å². The van der Waals surface area contributed by atoms with Crippen LogP contribution in [0, 0.1) is 23.2 Å². The average molecular weight is 417 g/mol. The van der Waals surface area contributed by atoms with Gasteiger partial charge in [-0.25, -0.2) is 0 Å². The van der Waals surface area contributed by atoms with Crippen molar-refractivity contribution in [1.82, 2.24) is 0 Å². The summed E-state index contributed by atoms with van der Waals surface area (Å²) in [5.41, 5.74) is 3.17. The summed E-state index contributed by atoms with van der Waals surface area (Å²) in [5, 5.41) is 30.2. The van der Waals surface area contributed by atoms with Crippen LogP contribution in [0.15, 0.2) is 35.5 Å². The van der Waals surface area contributed by atoms with Crippen LogP contribution in [0.5, 0.6) is 0 Å². The standard InChI is InChI=1S/C27H44O3/c1-18(8-6-14-26(3,4)30)23-12-13-24-20(9-7-15-27(23,24)5)10-11-21-16-22(28)17-25(29)19(21)2/h10-11,18,22-25,28-30H,2,6-9,12-17H2,1,3-5H3/t18?,22-,23+,24?,25-,27+/m0/s1. The minimum Gasteiger partial charge on any atom is -0.393 e. The highest BCUT2D eigenvalue weighted by Crippen LogP contribution is 2.60. The van der Waals surface area contributed by atoms with Gasteiger partial charge in [0.1, 0.15) is 0 Å². The molecule has 170 valence electrons. The molecule has 0 spiro atoms. The predicted octanol–water partition coefficient (Wildman–Crippen LogP) is 5.70. The molecule has 0 aromatic heterocycles. The van der Waals surface area contributed by atoms with Crippen molar-refractivity contribution < 1.29 is 15.3 Å². The van der Waals surface area contributed by atoms with Crippen molar-refractivity contribution in [3.8, 4) is 0 Å². The van der Waals surface area contributed by atoms with E-state index in [0.29, 0.717) is 30.1 Å². The fourth-order valence-electron chi connectivity index (χ4n) is 6.74. The van der Waals surface area contributed by atoms with E-state index in [1.807, 2.05) is 13.8 Å². The molecule has 0 aromatic rings. The van der Waals surface area contributed by atoms with Gasteiger partial charge < -0.3 is 15.3 Å². The van der Waals surface area contributed by atoms with E-state index in [1.54, 1.807) is 5.57 Å². The van der Waals surface area contributed by atoms with Crippen molar-refractivity contribution >= 4 is 0 Å². The molecular formula is C27H44O3. The van der Waals surface area contributed by atoms with Gasteiger partial charge in [0.2, 0.25) is 0 Å². The van der Waals surface area contributed by atoms with E-state index in [4.69, 9.17) is 0 Å². The van der Waals surface area contributed by atoms with Crippen LogP contribution in [0.2, 0.25) is 0 Å². The molecule has 0 aromatic carbocycles. The normalized spacial score (nSPS) is 38.8. The second-order valence-corrected chi connectivity index (χ2v) is 11.3. The van der Waals surface area contributed by atoms with Crippen LogP contribution in [0.1, 0.15) is 91.9 Å². The molecule has 0 bridgehead atoms. The van der Waals surface area contributed by atoms with Gasteiger partial charge in [-0.15, -0.1) is 0 Å². The van der Waals surface area contributed by atoms with Crippen LogP contribution in [0.25, 0.3) is 0 Å². The Morgan fingerprint density at radius 3 is 2.67 bits per heavy atom. The third-order valence-electron chi connectivity index (χ3n) is 8.44. The molecular weight excluding hydrogens is 372 g/mol. The number of aliphatic hydroxyl groups is 3. The van der Waals surface area contributed by atoms with Crippen molar-refractivity contribution in [2.45, 2.75) is 110 Å². The highest BCUT2D eigenvalue weighted by Gasteiger charge is 2.50. The van der Waals surface area contributed by atoms with Crippen LogP contribution in [-0.2, 0) is 0 Å². The maximum Gasteiger partial charge on any atom is 0.0811 e. The lowest BCUT2D eigenvalue weighted by Crippen LogP contribution is -2.36. The fraction of sp³-hybridized carbons (Fsp3) is 0.778. The molecule has 3 rings (SSSR count). The first-order chi connectivity index (χ1) is 14.0. The van der Waals surface area contributed by atoms with Crippen LogP contribution in [0.4, 0.5) is 0 Å². The van der Waals surface area contributed by atoms with Gasteiger partial charge >= 0.3 is 0 Å². The molecule has 3 saturated carbocycles. The molecule has 3 aliphatic carbocycles. The topological polar surface area (TPSA) is 60.7 Å². The van der Waals surface area contributed by atoms with Crippen molar-refractivity contribution in [3.05, 3.63) is 35.5 Å². The van der Waals surface area contributed by atoms with Crippen LogP contribution in [-0.4, -0.2) is 33.1 Å². The highest BCUT2D eigenvalue weighted by molar-refractivity contribution is 5.38. The van der Waals surface area contributed by atoms with E-state index in [2.05, 4.69) is 32.6 Å². The van der Waals surface area contributed by atoms with Crippen molar-refractivity contribution in [1.29, 1.82) is 0 Å². The molecule has 2 unspecified atom stereocenters. The molecule has 3 N–H and O–H groups in total. The van der Waals surface area contributed by atoms with Crippen LogP contribution >= 0.6 is 0 Å². The molecule has 3 heteroatoms. The summed E-state index contributed by atoms with van der Waals surface area (Å²) in [6.07, 6.45) is 13.9. The lowest BCUT2D eigenvalue weighted by Gasteiger charge is -2.44. The first kappa shape index (κ1) is 23.8. The van der Waals surface area contributed by atoms with Gasteiger partial charge in [-0.05, 0) is 93.1 Å². The Kier molecular flexibility index (Phi) is 7.37. The molecule has 6 atom stereocenters. The van der Waals surface area contributed by atoms with Crippen molar-refractivity contribution in [2.24, 2.45) is 23.2 Å². The van der Waals surface area contributed by atoms with Gasteiger partial charge in [0, 0.05) is 6.42 Å². The third-order valence-corrected chi connectivity index (χ3v) is 8.44. The molecule has 0 saturated heterocycles. The van der Waals surface area contributed by atoms with E-state index >= 15 is 0 Å². The fourth-order valence-corrected chi connectivity index (χ4v) is 6.74. The molecule has 0 radical (unpaired) electrons.